The molecule has 4 atom stereocenters. The molecule has 3 aromatic carbocycles. The molecule has 0 amide bonds. The molecule has 3 aliphatic rings. The van der Waals surface area contributed by atoms with Gasteiger partial charge >= 0.3 is 0 Å². The van der Waals surface area contributed by atoms with Crippen LogP contribution < -0.4 is 9.47 Å². The van der Waals surface area contributed by atoms with Crippen molar-refractivity contribution in [3.63, 3.8) is 0 Å². The molecule has 6 rings (SSSR count). The molecule has 0 N–H and O–H groups in total. The van der Waals surface area contributed by atoms with Gasteiger partial charge in [-0.15, -0.1) is 0 Å². The van der Waals surface area contributed by atoms with Crippen molar-refractivity contribution in [2.24, 2.45) is 0 Å². The van der Waals surface area contributed by atoms with E-state index in [9.17, 15) is 18.5 Å². The normalized spacial score (nSPS) is 23.2. The molecule has 2 unspecified atom stereocenters. The summed E-state index contributed by atoms with van der Waals surface area (Å²) in [6, 6.07) is 17.4. The van der Waals surface area contributed by atoms with Crippen LogP contribution in [-0.4, -0.2) is 38.9 Å². The van der Waals surface area contributed by atoms with E-state index < -0.39 is 37.9 Å². The number of fused-ring (bicyclic) bond motifs is 1. The quantitative estimate of drug-likeness (QED) is 0.433. The van der Waals surface area contributed by atoms with E-state index in [1.807, 2.05) is 12.1 Å². The molecule has 3 aromatic rings. The lowest BCUT2D eigenvalue weighted by Gasteiger charge is -2.46. The Balaban J connectivity index is 1.88. The van der Waals surface area contributed by atoms with E-state index in [1.54, 1.807) is 42.5 Å². The first-order valence-corrected chi connectivity index (χ1v) is 11.7. The Labute approximate surface area is 185 Å². The van der Waals surface area contributed by atoms with Crippen molar-refractivity contribution in [3.8, 4) is 11.5 Å². The van der Waals surface area contributed by atoms with Gasteiger partial charge in [0.2, 0.25) is 6.04 Å². The fraction of sp³-hybridized carbons (Fsp3) is 0.250. The predicted octanol–water partition coefficient (Wildman–Crippen LogP) is 3.78. The molecule has 0 radical (unpaired) electrons. The van der Waals surface area contributed by atoms with Crippen LogP contribution in [0.1, 0.15) is 34.1 Å². The van der Waals surface area contributed by atoms with Crippen LogP contribution in [-0.2, 0) is 9.84 Å². The Bertz CT molecular complexity index is 1320. The number of nitrogens with zero attached hydrogens (tertiary/aromatic N) is 1. The molecule has 8 heteroatoms. The second-order valence-corrected chi connectivity index (χ2v) is 10.1. The summed E-state index contributed by atoms with van der Waals surface area (Å²) >= 11 is 0. The van der Waals surface area contributed by atoms with E-state index in [1.165, 1.54) is 26.4 Å². The van der Waals surface area contributed by atoms with Crippen LogP contribution >= 0.6 is 0 Å². The lowest BCUT2D eigenvalue weighted by Crippen LogP contribution is -2.54. The number of hydrogen-bond acceptors (Lipinski definition) is 6. The Morgan fingerprint density at radius 3 is 1.84 bits per heavy atom. The summed E-state index contributed by atoms with van der Waals surface area (Å²) in [5.74, 6) is -0.499. The van der Waals surface area contributed by atoms with Gasteiger partial charge in [-0.1, -0.05) is 42.5 Å². The summed E-state index contributed by atoms with van der Waals surface area (Å²) in [5.41, 5.74) is 2.83. The van der Waals surface area contributed by atoms with Crippen LogP contribution in [0.3, 0.4) is 0 Å². The molecule has 0 spiro atoms. The number of nitro groups is 1. The summed E-state index contributed by atoms with van der Waals surface area (Å²) in [6.45, 7) is 0. The molecular formula is C24H21NO6S. The number of rotatable bonds is 5. The molecule has 0 saturated heterocycles. The van der Waals surface area contributed by atoms with Gasteiger partial charge in [0, 0.05) is 22.0 Å². The Kier molecular flexibility index (Phi) is 4.70. The first-order chi connectivity index (χ1) is 15.4. The van der Waals surface area contributed by atoms with Gasteiger partial charge in [-0.25, -0.2) is 8.42 Å². The highest BCUT2D eigenvalue weighted by molar-refractivity contribution is 7.92. The Morgan fingerprint density at radius 1 is 0.781 bits per heavy atom. The highest BCUT2D eigenvalue weighted by atomic mass is 32.2. The maximum Gasteiger partial charge on any atom is 0.241 e. The average molecular weight is 452 g/mol. The average Bonchev–Trinajstić information content (AvgIpc) is 2.82. The second-order valence-electron chi connectivity index (χ2n) is 7.98. The van der Waals surface area contributed by atoms with E-state index in [-0.39, 0.29) is 4.90 Å². The standard InChI is InChI=1S/C24H21NO6S/c1-30-17-12-7-11-16-19(17)21-15-10-6-13-18(31-2)20(15)22(16)24(23(21)25(26)27)32(28,29)14-8-4-3-5-9-14/h3-13,21-24H,1-2H3/t21-,22-,23?,24?/m0/s1. The van der Waals surface area contributed by atoms with Crippen LogP contribution in [0.4, 0.5) is 0 Å². The number of sulfone groups is 1. The number of methoxy groups -OCH3 is 2. The summed E-state index contributed by atoms with van der Waals surface area (Å²) < 4.78 is 38.9. The Morgan fingerprint density at radius 2 is 1.31 bits per heavy atom. The zero-order chi connectivity index (χ0) is 22.6. The summed E-state index contributed by atoms with van der Waals surface area (Å²) in [6.07, 6.45) is 0. The minimum atomic E-state index is -4.06. The predicted molar refractivity (Wildman–Crippen MR) is 118 cm³/mol. The summed E-state index contributed by atoms with van der Waals surface area (Å²) in [5, 5.41) is 11.2. The maximum absolute atomic E-state index is 13.9. The lowest BCUT2D eigenvalue weighted by atomic mass is 9.61. The number of ether oxygens (including phenoxy) is 2. The molecule has 0 aliphatic heterocycles. The van der Waals surface area contributed by atoms with Gasteiger partial charge in [-0.2, -0.15) is 0 Å². The van der Waals surface area contributed by atoms with E-state index in [0.717, 1.165) is 5.56 Å². The zero-order valence-corrected chi connectivity index (χ0v) is 18.3. The second kappa shape index (κ2) is 7.34. The zero-order valence-electron chi connectivity index (χ0n) is 17.5. The highest BCUT2D eigenvalue weighted by Gasteiger charge is 2.62. The summed E-state index contributed by atoms with van der Waals surface area (Å²) in [7, 11) is -1.01. The minimum Gasteiger partial charge on any atom is -0.496 e. The van der Waals surface area contributed by atoms with Crippen molar-refractivity contribution in [1.29, 1.82) is 0 Å². The molecule has 3 aliphatic carbocycles. The maximum atomic E-state index is 13.9. The first kappa shape index (κ1) is 20.5. The fourth-order valence-electron chi connectivity index (χ4n) is 5.45. The van der Waals surface area contributed by atoms with Gasteiger partial charge in [-0.3, -0.25) is 10.1 Å². The topological polar surface area (TPSA) is 95.7 Å². The van der Waals surface area contributed by atoms with E-state index in [4.69, 9.17) is 9.47 Å². The van der Waals surface area contributed by atoms with E-state index in [0.29, 0.717) is 28.2 Å². The minimum absolute atomic E-state index is 0.0743. The van der Waals surface area contributed by atoms with Gasteiger partial charge in [0.05, 0.1) is 25.0 Å². The number of benzene rings is 3. The van der Waals surface area contributed by atoms with Crippen LogP contribution in [0.25, 0.3) is 0 Å². The molecule has 164 valence electrons. The van der Waals surface area contributed by atoms with Crippen molar-refractivity contribution in [2.75, 3.05) is 14.2 Å². The van der Waals surface area contributed by atoms with E-state index in [2.05, 4.69) is 0 Å². The van der Waals surface area contributed by atoms with Crippen molar-refractivity contribution in [2.45, 2.75) is 28.0 Å². The van der Waals surface area contributed by atoms with Crippen molar-refractivity contribution >= 4 is 9.84 Å². The highest BCUT2D eigenvalue weighted by Crippen LogP contribution is 2.60. The van der Waals surface area contributed by atoms with Gasteiger partial charge in [0.1, 0.15) is 16.7 Å². The molecule has 0 aromatic heterocycles. The van der Waals surface area contributed by atoms with Crippen LogP contribution in [0.5, 0.6) is 11.5 Å². The molecule has 32 heavy (non-hydrogen) atoms. The molecule has 0 saturated carbocycles. The van der Waals surface area contributed by atoms with Crippen LogP contribution in [0.15, 0.2) is 71.6 Å². The SMILES string of the molecule is COc1cccc2c1[C@@H]1c3cccc(OC)c3[C@H]2C(S(=O)(=O)c2ccccc2)C1[N+](=O)[O-]. The van der Waals surface area contributed by atoms with Crippen LogP contribution in [0, 0.1) is 10.1 Å². The van der Waals surface area contributed by atoms with Crippen LogP contribution in [0.2, 0.25) is 0 Å². The third kappa shape index (κ3) is 2.69. The van der Waals surface area contributed by atoms with Gasteiger partial charge in [0.25, 0.3) is 0 Å². The van der Waals surface area contributed by atoms with Crippen molar-refractivity contribution in [1.82, 2.24) is 0 Å². The van der Waals surface area contributed by atoms with Crippen molar-refractivity contribution in [3.05, 3.63) is 99.1 Å². The fourth-order valence-corrected chi connectivity index (χ4v) is 7.57. The summed E-state index contributed by atoms with van der Waals surface area (Å²) in [4.78, 5) is 12.1. The van der Waals surface area contributed by atoms with E-state index >= 15 is 0 Å². The third-order valence-electron chi connectivity index (χ3n) is 6.61. The third-order valence-corrected chi connectivity index (χ3v) is 8.81. The first-order valence-electron chi connectivity index (χ1n) is 10.2. The Hall–Kier alpha value is -3.39. The lowest BCUT2D eigenvalue weighted by molar-refractivity contribution is -0.526. The number of hydrogen-bond donors (Lipinski definition) is 0. The molecule has 0 fully saturated rings. The molecule has 7 nitrogen and oxygen atoms in total. The van der Waals surface area contributed by atoms with Crippen molar-refractivity contribution < 1.29 is 22.8 Å². The molecule has 0 heterocycles. The smallest absolute Gasteiger partial charge is 0.241 e. The molecular weight excluding hydrogens is 430 g/mol. The van der Waals surface area contributed by atoms with Gasteiger partial charge in [0.15, 0.2) is 9.84 Å². The molecule has 2 bridgehead atoms. The monoisotopic (exact) mass is 451 g/mol. The van der Waals surface area contributed by atoms with Gasteiger partial charge in [-0.05, 0) is 35.4 Å². The van der Waals surface area contributed by atoms with Gasteiger partial charge < -0.3 is 9.47 Å². The largest absolute Gasteiger partial charge is 0.496 e.